The number of pyridine rings is 1. The summed E-state index contributed by atoms with van der Waals surface area (Å²) in [7, 11) is 0. The van der Waals surface area contributed by atoms with Gasteiger partial charge in [-0.2, -0.15) is 0 Å². The summed E-state index contributed by atoms with van der Waals surface area (Å²) in [5.74, 6) is 1.74. The molecule has 1 aliphatic rings. The van der Waals surface area contributed by atoms with Crippen molar-refractivity contribution in [3.8, 4) is 0 Å². The lowest BCUT2D eigenvalue weighted by Crippen LogP contribution is -2.29. The molecule has 2 heterocycles. The quantitative estimate of drug-likeness (QED) is 0.376. The third-order valence-corrected chi connectivity index (χ3v) is 4.01. The number of hydrogen-bond acceptors (Lipinski definition) is 4. The van der Waals surface area contributed by atoms with E-state index in [1.807, 2.05) is 19.9 Å². The van der Waals surface area contributed by atoms with Gasteiger partial charge in [-0.1, -0.05) is 12.1 Å². The summed E-state index contributed by atoms with van der Waals surface area (Å²) >= 11 is 0. The molecule has 0 saturated carbocycles. The number of aryl methyl sites for hydroxylation is 2. The third-order valence-electron chi connectivity index (χ3n) is 4.01. The van der Waals surface area contributed by atoms with E-state index in [9.17, 15) is 0 Å². The van der Waals surface area contributed by atoms with Crippen LogP contribution in [0.4, 0.5) is 5.82 Å². The van der Waals surface area contributed by atoms with Gasteiger partial charge < -0.3 is 15.8 Å². The minimum Gasteiger partial charge on any atom is -0.409 e. The Morgan fingerprint density at radius 1 is 1.40 bits per heavy atom. The number of oxime groups is 1. The van der Waals surface area contributed by atoms with E-state index >= 15 is 0 Å². The molecule has 1 aliphatic heterocycles. The lowest BCUT2D eigenvalue weighted by Gasteiger charge is -2.25. The highest BCUT2D eigenvalue weighted by molar-refractivity contribution is 6.02. The molecular formula is C15H24N4O. The van der Waals surface area contributed by atoms with Crippen LogP contribution in [0.1, 0.15) is 43.0 Å². The molecule has 110 valence electrons. The van der Waals surface area contributed by atoms with E-state index < -0.39 is 0 Å². The van der Waals surface area contributed by atoms with Gasteiger partial charge in [0.1, 0.15) is 5.82 Å². The van der Waals surface area contributed by atoms with Gasteiger partial charge in [0.25, 0.3) is 0 Å². The lowest BCUT2D eigenvalue weighted by atomic mass is 10.0. The van der Waals surface area contributed by atoms with Crippen LogP contribution in [0.2, 0.25) is 0 Å². The topological polar surface area (TPSA) is 74.7 Å². The van der Waals surface area contributed by atoms with Crippen molar-refractivity contribution in [2.24, 2.45) is 16.8 Å². The second kappa shape index (κ2) is 6.11. The number of nitrogens with two attached hydrogens (primary N) is 1. The molecule has 0 bridgehead atoms. The zero-order valence-corrected chi connectivity index (χ0v) is 12.6. The summed E-state index contributed by atoms with van der Waals surface area (Å²) in [5, 5.41) is 12.2. The van der Waals surface area contributed by atoms with Crippen molar-refractivity contribution in [3.63, 3.8) is 0 Å². The van der Waals surface area contributed by atoms with Crippen molar-refractivity contribution in [2.75, 3.05) is 18.0 Å². The minimum atomic E-state index is 0.141. The standard InChI is InChI=1S/C15H24N4O/c1-10-5-4-7-19(8-6-10)15-13(14(16)18-20)11(2)9-12(3)17-15/h9-10,20H,4-8H2,1-3H3,(H2,16,18). The average Bonchev–Trinajstić information content (AvgIpc) is 2.62. The molecule has 3 N–H and O–H groups in total. The maximum absolute atomic E-state index is 9.02. The number of anilines is 1. The first-order valence-electron chi connectivity index (χ1n) is 7.24. The van der Waals surface area contributed by atoms with Gasteiger partial charge in [0.15, 0.2) is 5.84 Å². The Bertz CT molecular complexity index is 513. The normalized spacial score (nSPS) is 20.9. The molecule has 0 radical (unpaired) electrons. The van der Waals surface area contributed by atoms with E-state index in [0.717, 1.165) is 54.5 Å². The summed E-state index contributed by atoms with van der Waals surface area (Å²) in [4.78, 5) is 6.92. The van der Waals surface area contributed by atoms with Gasteiger partial charge in [0, 0.05) is 18.8 Å². The van der Waals surface area contributed by atoms with Crippen molar-refractivity contribution in [2.45, 2.75) is 40.0 Å². The van der Waals surface area contributed by atoms with Crippen molar-refractivity contribution in [1.29, 1.82) is 0 Å². The summed E-state index contributed by atoms with van der Waals surface area (Å²) < 4.78 is 0. The molecule has 0 spiro atoms. The van der Waals surface area contributed by atoms with Crippen LogP contribution in [0, 0.1) is 19.8 Å². The Labute approximate surface area is 120 Å². The minimum absolute atomic E-state index is 0.141. The Balaban J connectivity index is 2.43. The lowest BCUT2D eigenvalue weighted by molar-refractivity contribution is 0.318. The highest BCUT2D eigenvalue weighted by Crippen LogP contribution is 2.26. The molecule has 0 aromatic carbocycles. The van der Waals surface area contributed by atoms with Gasteiger partial charge in [-0.15, -0.1) is 0 Å². The van der Waals surface area contributed by atoms with Gasteiger partial charge in [-0.05, 0) is 50.7 Å². The fourth-order valence-corrected chi connectivity index (χ4v) is 2.89. The van der Waals surface area contributed by atoms with E-state index in [-0.39, 0.29) is 5.84 Å². The molecule has 0 amide bonds. The van der Waals surface area contributed by atoms with Crippen LogP contribution in [0.5, 0.6) is 0 Å². The van der Waals surface area contributed by atoms with Crippen molar-refractivity contribution < 1.29 is 5.21 Å². The van der Waals surface area contributed by atoms with Crippen LogP contribution in [0.25, 0.3) is 0 Å². The molecule has 5 nitrogen and oxygen atoms in total. The molecule has 0 aliphatic carbocycles. The maximum atomic E-state index is 9.02. The molecule has 5 heteroatoms. The molecule has 1 aromatic heterocycles. The van der Waals surface area contributed by atoms with Crippen LogP contribution in [-0.2, 0) is 0 Å². The van der Waals surface area contributed by atoms with Gasteiger partial charge in [-0.3, -0.25) is 0 Å². The molecule has 1 saturated heterocycles. The number of hydrogen-bond donors (Lipinski definition) is 2. The van der Waals surface area contributed by atoms with Gasteiger partial charge in [0.05, 0.1) is 5.56 Å². The molecular weight excluding hydrogens is 252 g/mol. The zero-order valence-electron chi connectivity index (χ0n) is 12.6. The highest BCUT2D eigenvalue weighted by atomic mass is 16.4. The Morgan fingerprint density at radius 2 is 2.15 bits per heavy atom. The van der Waals surface area contributed by atoms with Gasteiger partial charge >= 0.3 is 0 Å². The van der Waals surface area contributed by atoms with Crippen LogP contribution in [0.3, 0.4) is 0 Å². The first-order chi connectivity index (χ1) is 9.52. The van der Waals surface area contributed by atoms with Crippen molar-refractivity contribution in [3.05, 3.63) is 22.9 Å². The van der Waals surface area contributed by atoms with E-state index in [1.54, 1.807) is 0 Å². The largest absolute Gasteiger partial charge is 0.409 e. The first kappa shape index (κ1) is 14.6. The second-order valence-corrected chi connectivity index (χ2v) is 5.79. The number of aromatic nitrogens is 1. The molecule has 20 heavy (non-hydrogen) atoms. The zero-order chi connectivity index (χ0) is 14.7. The van der Waals surface area contributed by atoms with Crippen LogP contribution >= 0.6 is 0 Å². The Kier molecular flexibility index (Phi) is 4.47. The number of rotatable bonds is 2. The van der Waals surface area contributed by atoms with Crippen molar-refractivity contribution >= 4 is 11.7 Å². The predicted molar refractivity (Wildman–Crippen MR) is 81.4 cm³/mol. The van der Waals surface area contributed by atoms with Crippen LogP contribution in [0.15, 0.2) is 11.2 Å². The third kappa shape index (κ3) is 3.03. The summed E-state index contributed by atoms with van der Waals surface area (Å²) in [6.07, 6.45) is 3.57. The maximum Gasteiger partial charge on any atom is 0.174 e. The molecule has 1 fully saturated rings. The van der Waals surface area contributed by atoms with E-state index in [0.29, 0.717) is 0 Å². The smallest absolute Gasteiger partial charge is 0.174 e. The fourth-order valence-electron chi connectivity index (χ4n) is 2.89. The van der Waals surface area contributed by atoms with Gasteiger partial charge in [0.2, 0.25) is 0 Å². The Hall–Kier alpha value is -1.78. The van der Waals surface area contributed by atoms with E-state index in [2.05, 4.69) is 22.0 Å². The summed E-state index contributed by atoms with van der Waals surface area (Å²) in [6.45, 7) is 8.20. The van der Waals surface area contributed by atoms with Gasteiger partial charge in [-0.25, -0.2) is 4.98 Å². The number of nitrogens with zero attached hydrogens (tertiary/aromatic N) is 3. The molecule has 1 unspecified atom stereocenters. The SMILES string of the molecule is Cc1cc(C)c(C(N)=NO)c(N2CCCC(C)CC2)n1. The van der Waals surface area contributed by atoms with Crippen molar-refractivity contribution in [1.82, 2.24) is 4.98 Å². The highest BCUT2D eigenvalue weighted by Gasteiger charge is 2.21. The molecule has 2 rings (SSSR count). The molecule has 1 aromatic rings. The fraction of sp³-hybridized carbons (Fsp3) is 0.600. The predicted octanol–water partition coefficient (Wildman–Crippen LogP) is 2.42. The van der Waals surface area contributed by atoms with E-state index in [1.165, 1.54) is 6.42 Å². The first-order valence-corrected chi connectivity index (χ1v) is 7.24. The van der Waals surface area contributed by atoms with Crippen LogP contribution < -0.4 is 10.6 Å². The molecule has 1 atom stereocenters. The average molecular weight is 276 g/mol. The summed E-state index contributed by atoms with van der Waals surface area (Å²) in [6, 6.07) is 1.97. The van der Waals surface area contributed by atoms with E-state index in [4.69, 9.17) is 10.9 Å². The second-order valence-electron chi connectivity index (χ2n) is 5.79. The van der Waals surface area contributed by atoms with Crippen LogP contribution in [-0.4, -0.2) is 29.1 Å². The summed E-state index contributed by atoms with van der Waals surface area (Å²) in [5.41, 5.74) is 8.57. The monoisotopic (exact) mass is 276 g/mol. The number of amidine groups is 1. The Morgan fingerprint density at radius 3 is 2.85 bits per heavy atom.